The Labute approximate surface area is 117 Å². The molecule has 0 bridgehead atoms. The first-order chi connectivity index (χ1) is 9.19. The van der Waals surface area contributed by atoms with Crippen molar-refractivity contribution in [2.75, 3.05) is 25.5 Å². The summed E-state index contributed by atoms with van der Waals surface area (Å²) in [5.41, 5.74) is 1.41. The summed E-state index contributed by atoms with van der Waals surface area (Å²) in [5, 5.41) is 6.74. The molecule has 3 atom stereocenters. The molecule has 2 aliphatic heterocycles. The van der Waals surface area contributed by atoms with E-state index in [1.54, 1.807) is 0 Å². The maximum atomic E-state index is 13.9. The third-order valence-corrected chi connectivity index (χ3v) is 4.21. The van der Waals surface area contributed by atoms with Gasteiger partial charge in [-0.15, -0.1) is 0 Å². The van der Waals surface area contributed by atoms with Crippen LogP contribution in [0.1, 0.15) is 24.5 Å². The monoisotopic (exact) mass is 284 g/mol. The second-order valence-corrected chi connectivity index (χ2v) is 5.74. The largest absolute Gasteiger partial charge is 0.382 e. The standard InChI is InChI=1S/C14H18ClFN2O/c1-17-7-10-3-2-8-6-18-13-11(14(8)19-10)4-9(15)5-12(13)16/h4-5,8,10,14,17-18H,2-3,6-7H2,1H3. The van der Waals surface area contributed by atoms with Crippen LogP contribution in [-0.2, 0) is 4.74 Å². The molecule has 3 rings (SSSR count). The molecule has 0 amide bonds. The first-order valence-electron chi connectivity index (χ1n) is 6.72. The van der Waals surface area contributed by atoms with E-state index in [9.17, 15) is 4.39 Å². The van der Waals surface area contributed by atoms with Crippen molar-refractivity contribution in [1.29, 1.82) is 0 Å². The number of nitrogens with one attached hydrogen (secondary N) is 2. The molecule has 19 heavy (non-hydrogen) atoms. The van der Waals surface area contributed by atoms with Crippen LogP contribution in [0.5, 0.6) is 0 Å². The number of ether oxygens (including phenoxy) is 1. The molecule has 104 valence electrons. The Bertz CT molecular complexity index is 483. The Kier molecular flexibility index (Phi) is 3.65. The molecule has 3 unspecified atom stereocenters. The summed E-state index contributed by atoms with van der Waals surface area (Å²) in [6.07, 6.45) is 2.29. The lowest BCUT2D eigenvalue weighted by molar-refractivity contribution is -0.0821. The van der Waals surface area contributed by atoms with Crippen LogP contribution < -0.4 is 10.6 Å². The van der Waals surface area contributed by atoms with E-state index >= 15 is 0 Å². The molecule has 0 aromatic heterocycles. The number of anilines is 1. The number of hydrogen-bond donors (Lipinski definition) is 2. The molecule has 1 aromatic rings. The lowest BCUT2D eigenvalue weighted by atomic mass is 9.84. The van der Waals surface area contributed by atoms with Gasteiger partial charge in [0.15, 0.2) is 0 Å². The molecule has 0 radical (unpaired) electrons. The second-order valence-electron chi connectivity index (χ2n) is 5.31. The van der Waals surface area contributed by atoms with Gasteiger partial charge in [0.05, 0.1) is 17.9 Å². The average Bonchev–Trinajstić information content (AvgIpc) is 2.39. The first-order valence-corrected chi connectivity index (χ1v) is 7.09. The van der Waals surface area contributed by atoms with E-state index < -0.39 is 0 Å². The quantitative estimate of drug-likeness (QED) is 0.876. The number of benzene rings is 1. The summed E-state index contributed by atoms with van der Waals surface area (Å²) in [6.45, 7) is 1.59. The zero-order valence-electron chi connectivity index (χ0n) is 10.9. The van der Waals surface area contributed by atoms with Gasteiger partial charge in [0.1, 0.15) is 5.82 Å². The third-order valence-electron chi connectivity index (χ3n) is 3.99. The Hall–Kier alpha value is -0.840. The van der Waals surface area contributed by atoms with Crippen molar-refractivity contribution in [2.24, 2.45) is 5.92 Å². The Balaban J connectivity index is 1.92. The average molecular weight is 285 g/mol. The highest BCUT2D eigenvalue weighted by Gasteiger charge is 2.37. The van der Waals surface area contributed by atoms with Crippen LogP contribution >= 0.6 is 11.6 Å². The highest BCUT2D eigenvalue weighted by Crippen LogP contribution is 2.44. The van der Waals surface area contributed by atoms with Gasteiger partial charge in [-0.3, -0.25) is 0 Å². The Morgan fingerprint density at radius 1 is 1.47 bits per heavy atom. The van der Waals surface area contributed by atoms with Gasteiger partial charge in [0, 0.05) is 29.6 Å². The summed E-state index contributed by atoms with van der Waals surface area (Å²) in [5.74, 6) is 0.110. The molecular weight excluding hydrogens is 267 g/mol. The van der Waals surface area contributed by atoms with Crippen LogP contribution in [-0.4, -0.2) is 26.2 Å². The van der Waals surface area contributed by atoms with E-state index in [0.29, 0.717) is 16.6 Å². The molecule has 2 N–H and O–H groups in total. The van der Waals surface area contributed by atoms with E-state index in [-0.39, 0.29) is 18.0 Å². The van der Waals surface area contributed by atoms with Crippen molar-refractivity contribution in [1.82, 2.24) is 5.32 Å². The fourth-order valence-corrected chi connectivity index (χ4v) is 3.30. The van der Waals surface area contributed by atoms with Crippen LogP contribution in [0.3, 0.4) is 0 Å². The number of hydrogen-bond acceptors (Lipinski definition) is 3. The minimum atomic E-state index is -0.291. The van der Waals surface area contributed by atoms with E-state index in [0.717, 1.165) is 31.5 Å². The topological polar surface area (TPSA) is 33.3 Å². The number of rotatable bonds is 2. The number of likely N-dealkylation sites (N-methyl/N-ethyl adjacent to an activating group) is 1. The number of fused-ring (bicyclic) bond motifs is 3. The fraction of sp³-hybridized carbons (Fsp3) is 0.571. The van der Waals surface area contributed by atoms with Crippen LogP contribution in [0.15, 0.2) is 12.1 Å². The summed E-state index contributed by atoms with van der Waals surface area (Å²) >= 11 is 5.97. The molecule has 3 nitrogen and oxygen atoms in total. The van der Waals surface area contributed by atoms with E-state index in [1.807, 2.05) is 13.1 Å². The predicted molar refractivity (Wildman–Crippen MR) is 74.2 cm³/mol. The molecule has 1 aromatic carbocycles. The lowest BCUT2D eigenvalue weighted by Crippen LogP contribution is -2.40. The third kappa shape index (κ3) is 2.45. The second kappa shape index (κ2) is 5.27. The van der Waals surface area contributed by atoms with Crippen molar-refractivity contribution in [3.05, 3.63) is 28.5 Å². The maximum Gasteiger partial charge on any atom is 0.148 e. The van der Waals surface area contributed by atoms with Crippen LogP contribution in [0.25, 0.3) is 0 Å². The molecule has 1 saturated heterocycles. The summed E-state index contributed by atoms with van der Waals surface area (Å²) in [7, 11) is 1.92. The van der Waals surface area contributed by atoms with Gasteiger partial charge in [-0.1, -0.05) is 11.6 Å². The molecule has 0 aliphatic carbocycles. The molecule has 0 spiro atoms. The minimum Gasteiger partial charge on any atom is -0.382 e. The van der Waals surface area contributed by atoms with Gasteiger partial charge < -0.3 is 15.4 Å². The summed E-state index contributed by atoms with van der Waals surface area (Å²) in [4.78, 5) is 0. The van der Waals surface area contributed by atoms with Crippen LogP contribution in [0.2, 0.25) is 5.02 Å². The van der Waals surface area contributed by atoms with Crippen molar-refractivity contribution >= 4 is 17.3 Å². The van der Waals surface area contributed by atoms with Crippen molar-refractivity contribution in [3.8, 4) is 0 Å². The van der Waals surface area contributed by atoms with Gasteiger partial charge in [-0.05, 0) is 32.0 Å². The minimum absolute atomic E-state index is 0.0449. The van der Waals surface area contributed by atoms with Crippen molar-refractivity contribution < 1.29 is 9.13 Å². The zero-order chi connectivity index (χ0) is 13.4. The predicted octanol–water partition coefficient (Wildman–Crippen LogP) is 2.96. The number of halogens is 2. The molecular formula is C14H18ClFN2O. The van der Waals surface area contributed by atoms with Gasteiger partial charge in [0.2, 0.25) is 0 Å². The van der Waals surface area contributed by atoms with Crippen LogP contribution in [0, 0.1) is 11.7 Å². The molecule has 2 heterocycles. The van der Waals surface area contributed by atoms with Crippen LogP contribution in [0.4, 0.5) is 10.1 Å². The summed E-state index contributed by atoms with van der Waals surface area (Å²) < 4.78 is 20.1. The van der Waals surface area contributed by atoms with Crippen molar-refractivity contribution in [3.63, 3.8) is 0 Å². The Morgan fingerprint density at radius 2 is 2.32 bits per heavy atom. The van der Waals surface area contributed by atoms with Gasteiger partial charge >= 0.3 is 0 Å². The van der Waals surface area contributed by atoms with Gasteiger partial charge in [0.25, 0.3) is 0 Å². The van der Waals surface area contributed by atoms with Gasteiger partial charge in [-0.25, -0.2) is 4.39 Å². The Morgan fingerprint density at radius 3 is 3.11 bits per heavy atom. The highest BCUT2D eigenvalue weighted by molar-refractivity contribution is 6.30. The summed E-state index contributed by atoms with van der Waals surface area (Å²) in [6, 6.07) is 3.17. The SMILES string of the molecule is CNCC1CCC2CNc3c(F)cc(Cl)cc3C2O1. The first kappa shape index (κ1) is 13.2. The van der Waals surface area contributed by atoms with E-state index in [2.05, 4.69) is 10.6 Å². The lowest BCUT2D eigenvalue weighted by Gasteiger charge is -2.41. The maximum absolute atomic E-state index is 13.9. The van der Waals surface area contributed by atoms with Gasteiger partial charge in [-0.2, -0.15) is 0 Å². The van der Waals surface area contributed by atoms with E-state index in [4.69, 9.17) is 16.3 Å². The molecule has 2 aliphatic rings. The van der Waals surface area contributed by atoms with Crippen molar-refractivity contribution in [2.45, 2.75) is 25.0 Å². The normalized spacial score (nSPS) is 29.3. The molecule has 1 fully saturated rings. The van der Waals surface area contributed by atoms with E-state index in [1.165, 1.54) is 6.07 Å². The highest BCUT2D eigenvalue weighted by atomic mass is 35.5. The fourth-order valence-electron chi connectivity index (χ4n) is 3.09. The molecule has 0 saturated carbocycles. The smallest absolute Gasteiger partial charge is 0.148 e. The zero-order valence-corrected chi connectivity index (χ0v) is 11.6. The molecule has 5 heteroatoms.